The van der Waals surface area contributed by atoms with Crippen LogP contribution >= 0.6 is 11.3 Å². The minimum Gasteiger partial charge on any atom is -0.339 e. The van der Waals surface area contributed by atoms with Gasteiger partial charge in [0, 0.05) is 41.8 Å². The molecule has 5 aromatic rings. The molecule has 1 aliphatic carbocycles. The van der Waals surface area contributed by atoms with Crippen molar-refractivity contribution in [1.82, 2.24) is 14.3 Å². The molecule has 0 aliphatic heterocycles. The molecule has 3 aromatic carbocycles. The summed E-state index contributed by atoms with van der Waals surface area (Å²) in [7, 11) is 0. The molecule has 0 unspecified atom stereocenters. The fourth-order valence-electron chi connectivity index (χ4n) is 4.79. The number of fused-ring (bicyclic) bond motifs is 1. The number of carbonyl (C=O) groups excluding carboxylic acids is 1. The molecule has 5 heteroatoms. The van der Waals surface area contributed by atoms with Crippen LogP contribution in [-0.2, 0) is 11.2 Å². The highest BCUT2D eigenvalue weighted by molar-refractivity contribution is 7.15. The minimum atomic E-state index is -0.279. The van der Waals surface area contributed by atoms with Gasteiger partial charge in [0.1, 0.15) is 0 Å². The Morgan fingerprint density at radius 3 is 2.11 bits per heavy atom. The second-order valence-corrected chi connectivity index (χ2v) is 9.98. The van der Waals surface area contributed by atoms with Gasteiger partial charge in [-0.3, -0.25) is 9.20 Å². The summed E-state index contributed by atoms with van der Waals surface area (Å²) < 4.78 is 2.19. The summed E-state index contributed by atoms with van der Waals surface area (Å²) in [6.45, 7) is 0.713. The maximum absolute atomic E-state index is 14.0. The van der Waals surface area contributed by atoms with Crippen LogP contribution in [0.1, 0.15) is 35.6 Å². The third-order valence-electron chi connectivity index (χ3n) is 6.75. The van der Waals surface area contributed by atoms with Crippen LogP contribution in [0.3, 0.4) is 0 Å². The van der Waals surface area contributed by atoms with Gasteiger partial charge >= 0.3 is 0 Å². The number of imidazole rings is 1. The van der Waals surface area contributed by atoms with Gasteiger partial charge in [-0.05, 0) is 24.0 Å². The maximum atomic E-state index is 14.0. The Labute approximate surface area is 209 Å². The van der Waals surface area contributed by atoms with Crippen LogP contribution in [0.4, 0.5) is 0 Å². The van der Waals surface area contributed by atoms with E-state index >= 15 is 0 Å². The summed E-state index contributed by atoms with van der Waals surface area (Å²) in [5, 5.41) is 2.18. The van der Waals surface area contributed by atoms with E-state index in [2.05, 4.69) is 57.3 Å². The fourth-order valence-corrected chi connectivity index (χ4v) is 5.69. The molecule has 4 nitrogen and oxygen atoms in total. The first kappa shape index (κ1) is 21.8. The van der Waals surface area contributed by atoms with Gasteiger partial charge in [0.05, 0.1) is 11.6 Å². The molecule has 6 rings (SSSR count). The molecule has 1 fully saturated rings. The Hall–Kier alpha value is -3.70. The van der Waals surface area contributed by atoms with Crippen molar-refractivity contribution in [2.24, 2.45) is 0 Å². The van der Waals surface area contributed by atoms with Gasteiger partial charge < -0.3 is 4.90 Å². The van der Waals surface area contributed by atoms with Crippen LogP contribution in [0.15, 0.2) is 103 Å². The van der Waals surface area contributed by atoms with Crippen molar-refractivity contribution in [2.75, 3.05) is 6.54 Å². The van der Waals surface area contributed by atoms with Crippen molar-refractivity contribution in [3.8, 4) is 11.3 Å². The van der Waals surface area contributed by atoms with E-state index in [1.54, 1.807) is 11.3 Å². The first-order valence-corrected chi connectivity index (χ1v) is 13.1. The van der Waals surface area contributed by atoms with Gasteiger partial charge in [0.2, 0.25) is 5.91 Å². The highest BCUT2D eigenvalue weighted by Crippen LogP contribution is 2.34. The average Bonchev–Trinajstić information content (AvgIpc) is 3.54. The normalized spacial score (nSPS) is 13.4. The number of hydrogen-bond donors (Lipinski definition) is 0. The second kappa shape index (κ2) is 9.51. The van der Waals surface area contributed by atoms with Crippen LogP contribution < -0.4 is 0 Å². The summed E-state index contributed by atoms with van der Waals surface area (Å²) in [6, 6.07) is 31.0. The van der Waals surface area contributed by atoms with E-state index < -0.39 is 0 Å². The number of nitrogens with zero attached hydrogens (tertiary/aromatic N) is 3. The molecule has 2 aromatic heterocycles. The highest BCUT2D eigenvalue weighted by atomic mass is 32.1. The highest BCUT2D eigenvalue weighted by Gasteiger charge is 2.36. The lowest BCUT2D eigenvalue weighted by molar-refractivity contribution is -0.132. The minimum absolute atomic E-state index is 0.201. The quantitative estimate of drug-likeness (QED) is 0.258. The van der Waals surface area contributed by atoms with E-state index in [1.807, 2.05) is 54.6 Å². The molecule has 0 spiro atoms. The number of thiazole rings is 1. The lowest BCUT2D eigenvalue weighted by Crippen LogP contribution is -2.39. The van der Waals surface area contributed by atoms with Crippen molar-refractivity contribution < 1.29 is 4.79 Å². The van der Waals surface area contributed by atoms with Crippen molar-refractivity contribution >= 4 is 22.2 Å². The van der Waals surface area contributed by atoms with Crippen LogP contribution in [0, 0.1) is 0 Å². The summed E-state index contributed by atoms with van der Waals surface area (Å²) in [5.74, 6) is -0.0783. The molecule has 0 atom stereocenters. The largest absolute Gasteiger partial charge is 0.339 e. The lowest BCUT2D eigenvalue weighted by atomic mass is 9.90. The van der Waals surface area contributed by atoms with Gasteiger partial charge in [-0.1, -0.05) is 91.0 Å². The van der Waals surface area contributed by atoms with Gasteiger partial charge in [-0.25, -0.2) is 4.98 Å². The molecule has 1 amide bonds. The van der Waals surface area contributed by atoms with E-state index in [9.17, 15) is 4.79 Å². The van der Waals surface area contributed by atoms with Crippen LogP contribution in [0.2, 0.25) is 0 Å². The first-order valence-electron chi connectivity index (χ1n) is 12.2. The Morgan fingerprint density at radius 2 is 1.51 bits per heavy atom. The Kier molecular flexibility index (Phi) is 5.93. The standard InChI is InChI=1S/C30H27N3OS/c34-29(28(23-12-6-2-7-13-23)24-14-8-3-9-15-24)32(25-16-17-25)19-18-26-21-35-30-31-27(20-33(26)30)22-10-4-1-5-11-22/h1-15,20-21,25,28H,16-19H2. The Morgan fingerprint density at radius 1 is 0.914 bits per heavy atom. The van der Waals surface area contributed by atoms with Crippen molar-refractivity contribution in [3.05, 3.63) is 119 Å². The van der Waals surface area contributed by atoms with E-state index in [4.69, 9.17) is 4.98 Å². The number of hydrogen-bond acceptors (Lipinski definition) is 3. The SMILES string of the molecule is O=C(C(c1ccccc1)c1ccccc1)N(CCc1csc2nc(-c3ccccc3)cn12)C1CC1. The number of aromatic nitrogens is 2. The van der Waals surface area contributed by atoms with Gasteiger partial charge in [-0.15, -0.1) is 11.3 Å². The molecule has 35 heavy (non-hydrogen) atoms. The molecule has 0 radical (unpaired) electrons. The number of rotatable bonds is 8. The van der Waals surface area contributed by atoms with E-state index in [-0.39, 0.29) is 11.8 Å². The molecule has 2 heterocycles. The third kappa shape index (κ3) is 4.52. The Balaban J connectivity index is 1.26. The van der Waals surface area contributed by atoms with Crippen LogP contribution in [0.25, 0.3) is 16.2 Å². The molecule has 0 saturated heterocycles. The number of amides is 1. The predicted molar refractivity (Wildman–Crippen MR) is 142 cm³/mol. The number of benzene rings is 3. The molecule has 1 aliphatic rings. The second-order valence-electron chi connectivity index (χ2n) is 9.14. The molecule has 174 valence electrons. The van der Waals surface area contributed by atoms with Crippen molar-refractivity contribution in [1.29, 1.82) is 0 Å². The van der Waals surface area contributed by atoms with Crippen LogP contribution in [-0.4, -0.2) is 32.8 Å². The summed E-state index contributed by atoms with van der Waals surface area (Å²) in [6.07, 6.45) is 5.11. The zero-order valence-corrected chi connectivity index (χ0v) is 20.3. The summed E-state index contributed by atoms with van der Waals surface area (Å²) in [5.41, 5.74) is 5.41. The topological polar surface area (TPSA) is 37.6 Å². The molecule has 0 bridgehead atoms. The molecular formula is C30H27N3OS. The van der Waals surface area contributed by atoms with Gasteiger partial charge in [-0.2, -0.15) is 0 Å². The average molecular weight is 478 g/mol. The van der Waals surface area contributed by atoms with Crippen LogP contribution in [0.5, 0.6) is 0 Å². The molecule has 1 saturated carbocycles. The van der Waals surface area contributed by atoms with Gasteiger partial charge in [0.25, 0.3) is 0 Å². The zero-order chi connectivity index (χ0) is 23.6. The fraction of sp³-hybridized carbons (Fsp3) is 0.200. The van der Waals surface area contributed by atoms with Crippen molar-refractivity contribution in [2.45, 2.75) is 31.2 Å². The monoisotopic (exact) mass is 477 g/mol. The number of carbonyl (C=O) groups is 1. The summed E-state index contributed by atoms with van der Waals surface area (Å²) >= 11 is 1.66. The van der Waals surface area contributed by atoms with Gasteiger partial charge in [0.15, 0.2) is 4.96 Å². The summed E-state index contributed by atoms with van der Waals surface area (Å²) in [4.78, 5) is 22.0. The van der Waals surface area contributed by atoms with Crippen molar-refractivity contribution in [3.63, 3.8) is 0 Å². The van der Waals surface area contributed by atoms with E-state index in [0.717, 1.165) is 46.6 Å². The predicted octanol–water partition coefficient (Wildman–Crippen LogP) is 6.43. The van der Waals surface area contributed by atoms with E-state index in [0.29, 0.717) is 12.6 Å². The Bertz CT molecular complexity index is 1380. The molecular weight excluding hydrogens is 450 g/mol. The zero-order valence-electron chi connectivity index (χ0n) is 19.5. The lowest BCUT2D eigenvalue weighted by Gasteiger charge is -2.28. The smallest absolute Gasteiger partial charge is 0.234 e. The van der Waals surface area contributed by atoms with E-state index in [1.165, 1.54) is 5.69 Å². The third-order valence-corrected chi connectivity index (χ3v) is 7.63. The molecule has 0 N–H and O–H groups in total. The maximum Gasteiger partial charge on any atom is 0.234 e. The first-order chi connectivity index (χ1) is 17.3.